The summed E-state index contributed by atoms with van der Waals surface area (Å²) < 4.78 is 0. The summed E-state index contributed by atoms with van der Waals surface area (Å²) >= 11 is 0. The zero-order valence-corrected chi connectivity index (χ0v) is 15.2. The van der Waals surface area contributed by atoms with Crippen LogP contribution >= 0.6 is 0 Å². The maximum Gasteiger partial charge on any atom is 0.229 e. The molecule has 0 radical (unpaired) electrons. The van der Waals surface area contributed by atoms with Gasteiger partial charge in [-0.2, -0.15) is 0 Å². The molecule has 0 aliphatic heterocycles. The molecule has 0 saturated heterocycles. The average Bonchev–Trinajstić information content (AvgIpc) is 3.14. The van der Waals surface area contributed by atoms with Crippen LogP contribution in [-0.4, -0.2) is 24.9 Å². The number of nitrogens with one attached hydrogen (secondary N) is 1. The molecule has 2 fully saturated rings. The highest BCUT2D eigenvalue weighted by Crippen LogP contribution is 2.29. The fraction of sp³-hybridized carbons (Fsp3) is 0.619. The van der Waals surface area contributed by atoms with Gasteiger partial charge in [0.05, 0.1) is 0 Å². The number of amides is 2. The molecule has 0 bridgehead atoms. The Bertz CT molecular complexity index is 573. The summed E-state index contributed by atoms with van der Waals surface area (Å²) in [6.45, 7) is 0. The quantitative estimate of drug-likeness (QED) is 0.882. The van der Waals surface area contributed by atoms with Crippen molar-refractivity contribution in [2.24, 2.45) is 11.8 Å². The highest BCUT2D eigenvalue weighted by atomic mass is 16.2. The molecule has 136 valence electrons. The molecule has 0 unspecified atom stereocenters. The van der Waals surface area contributed by atoms with Crippen molar-refractivity contribution in [3.8, 4) is 0 Å². The molecule has 1 aromatic rings. The van der Waals surface area contributed by atoms with Crippen LogP contribution in [0.15, 0.2) is 30.3 Å². The Balaban J connectivity index is 1.43. The zero-order chi connectivity index (χ0) is 17.6. The van der Waals surface area contributed by atoms with Crippen LogP contribution in [0.3, 0.4) is 0 Å². The van der Waals surface area contributed by atoms with E-state index in [4.69, 9.17) is 0 Å². The van der Waals surface area contributed by atoms with Gasteiger partial charge < -0.3 is 10.2 Å². The van der Waals surface area contributed by atoms with Crippen molar-refractivity contribution >= 4 is 17.5 Å². The molecule has 0 atom stereocenters. The van der Waals surface area contributed by atoms with Crippen molar-refractivity contribution in [1.29, 1.82) is 0 Å². The smallest absolute Gasteiger partial charge is 0.229 e. The monoisotopic (exact) mass is 342 g/mol. The van der Waals surface area contributed by atoms with E-state index in [1.165, 1.54) is 25.7 Å². The third kappa shape index (κ3) is 4.83. The first-order valence-electron chi connectivity index (χ1n) is 9.75. The molecular weight excluding hydrogens is 312 g/mol. The first-order chi connectivity index (χ1) is 12.1. The lowest BCUT2D eigenvalue weighted by molar-refractivity contribution is -0.123. The molecule has 0 aromatic heterocycles. The summed E-state index contributed by atoms with van der Waals surface area (Å²) in [5, 5.41) is 3.20. The van der Waals surface area contributed by atoms with Gasteiger partial charge in [0.2, 0.25) is 11.8 Å². The van der Waals surface area contributed by atoms with Crippen LogP contribution < -0.4 is 10.2 Å². The maximum atomic E-state index is 12.7. The van der Waals surface area contributed by atoms with Gasteiger partial charge in [-0.15, -0.1) is 0 Å². The third-order valence-corrected chi connectivity index (χ3v) is 5.86. The Morgan fingerprint density at radius 1 is 1.00 bits per heavy atom. The predicted octanol–water partition coefficient (Wildman–Crippen LogP) is 3.90. The molecule has 2 amide bonds. The molecule has 0 spiro atoms. The number of hydrogen-bond acceptors (Lipinski definition) is 2. The van der Waals surface area contributed by atoms with Crippen LogP contribution in [0, 0.1) is 11.8 Å². The first kappa shape index (κ1) is 18.0. The van der Waals surface area contributed by atoms with Crippen molar-refractivity contribution in [3.05, 3.63) is 30.3 Å². The molecule has 2 saturated carbocycles. The number of carbonyl (C=O) groups excluding carboxylic acids is 2. The van der Waals surface area contributed by atoms with Crippen molar-refractivity contribution < 1.29 is 9.59 Å². The first-order valence-corrected chi connectivity index (χ1v) is 9.75. The number of carbonyl (C=O) groups is 2. The summed E-state index contributed by atoms with van der Waals surface area (Å²) in [6.07, 6.45) is 9.22. The Morgan fingerprint density at radius 3 is 2.28 bits per heavy atom. The van der Waals surface area contributed by atoms with E-state index in [1.54, 1.807) is 4.90 Å². The average molecular weight is 342 g/mol. The zero-order valence-electron chi connectivity index (χ0n) is 15.2. The van der Waals surface area contributed by atoms with E-state index in [-0.39, 0.29) is 23.8 Å². The van der Waals surface area contributed by atoms with Crippen LogP contribution in [0.2, 0.25) is 0 Å². The van der Waals surface area contributed by atoms with E-state index >= 15 is 0 Å². The third-order valence-electron chi connectivity index (χ3n) is 5.86. The molecular formula is C21H30N2O2. The van der Waals surface area contributed by atoms with Crippen LogP contribution in [-0.2, 0) is 9.59 Å². The van der Waals surface area contributed by atoms with Gasteiger partial charge in [0.15, 0.2) is 0 Å². The van der Waals surface area contributed by atoms with Gasteiger partial charge in [-0.05, 0) is 56.6 Å². The van der Waals surface area contributed by atoms with Gasteiger partial charge in [-0.3, -0.25) is 9.59 Å². The van der Waals surface area contributed by atoms with E-state index in [0.717, 1.165) is 31.4 Å². The second kappa shape index (κ2) is 8.50. The number of anilines is 1. The Hall–Kier alpha value is -1.84. The number of hydrogen-bond donors (Lipinski definition) is 1. The fourth-order valence-corrected chi connectivity index (χ4v) is 4.30. The summed E-state index contributed by atoms with van der Waals surface area (Å²) in [7, 11) is 1.85. The molecule has 25 heavy (non-hydrogen) atoms. The SMILES string of the molecule is CN(C(=O)C1CCC(NC(=O)CC2CCCC2)CC1)c1ccccc1. The number of rotatable bonds is 5. The lowest BCUT2D eigenvalue weighted by Crippen LogP contribution is -2.41. The molecule has 2 aliphatic rings. The topological polar surface area (TPSA) is 49.4 Å². The Kier molecular flexibility index (Phi) is 6.11. The Labute approximate surface area is 151 Å². The molecule has 1 N–H and O–H groups in total. The van der Waals surface area contributed by atoms with Crippen molar-refractivity contribution in [2.75, 3.05) is 11.9 Å². The van der Waals surface area contributed by atoms with Gasteiger partial charge in [-0.1, -0.05) is 31.0 Å². The Morgan fingerprint density at radius 2 is 1.64 bits per heavy atom. The second-order valence-electron chi connectivity index (χ2n) is 7.70. The number of nitrogens with zero attached hydrogens (tertiary/aromatic N) is 1. The van der Waals surface area contributed by atoms with Gasteiger partial charge in [0.25, 0.3) is 0 Å². The standard InChI is InChI=1S/C21H30N2O2/c1-23(19-9-3-2-4-10-19)21(25)17-11-13-18(14-12-17)22-20(24)15-16-7-5-6-8-16/h2-4,9-10,16-18H,5-8,11-15H2,1H3,(H,22,24). The van der Waals surface area contributed by atoms with Gasteiger partial charge >= 0.3 is 0 Å². The number of benzene rings is 1. The van der Waals surface area contributed by atoms with E-state index in [2.05, 4.69) is 5.32 Å². The minimum Gasteiger partial charge on any atom is -0.353 e. The summed E-state index contributed by atoms with van der Waals surface area (Å²) in [6, 6.07) is 10.0. The minimum atomic E-state index is 0.0770. The van der Waals surface area contributed by atoms with Crippen molar-refractivity contribution in [2.45, 2.75) is 63.8 Å². The van der Waals surface area contributed by atoms with Crippen LogP contribution in [0.4, 0.5) is 5.69 Å². The highest BCUT2D eigenvalue weighted by molar-refractivity contribution is 5.94. The molecule has 4 heteroatoms. The van der Waals surface area contributed by atoms with Crippen molar-refractivity contribution in [1.82, 2.24) is 5.32 Å². The fourth-order valence-electron chi connectivity index (χ4n) is 4.30. The lowest BCUT2D eigenvalue weighted by atomic mass is 9.85. The molecule has 4 nitrogen and oxygen atoms in total. The lowest BCUT2D eigenvalue weighted by Gasteiger charge is -2.31. The maximum absolute atomic E-state index is 12.7. The van der Waals surface area contributed by atoms with E-state index < -0.39 is 0 Å². The summed E-state index contributed by atoms with van der Waals surface area (Å²) in [4.78, 5) is 26.7. The summed E-state index contributed by atoms with van der Waals surface area (Å²) in [5.41, 5.74) is 0.944. The van der Waals surface area contributed by atoms with E-state index in [9.17, 15) is 9.59 Å². The van der Waals surface area contributed by atoms with E-state index in [0.29, 0.717) is 12.3 Å². The van der Waals surface area contributed by atoms with Gasteiger partial charge in [-0.25, -0.2) is 0 Å². The molecule has 0 heterocycles. The van der Waals surface area contributed by atoms with Crippen molar-refractivity contribution in [3.63, 3.8) is 0 Å². The van der Waals surface area contributed by atoms with Crippen LogP contribution in [0.5, 0.6) is 0 Å². The van der Waals surface area contributed by atoms with Gasteiger partial charge in [0, 0.05) is 31.1 Å². The second-order valence-corrected chi connectivity index (χ2v) is 7.70. The van der Waals surface area contributed by atoms with E-state index in [1.807, 2.05) is 37.4 Å². The van der Waals surface area contributed by atoms with Crippen LogP contribution in [0.1, 0.15) is 57.8 Å². The molecule has 2 aliphatic carbocycles. The normalized spacial score (nSPS) is 24.0. The highest BCUT2D eigenvalue weighted by Gasteiger charge is 2.29. The summed E-state index contributed by atoms with van der Waals surface area (Å²) in [5.74, 6) is 1.08. The number of para-hydroxylation sites is 1. The van der Waals surface area contributed by atoms with Gasteiger partial charge in [0.1, 0.15) is 0 Å². The largest absolute Gasteiger partial charge is 0.353 e. The molecule has 1 aromatic carbocycles. The minimum absolute atomic E-state index is 0.0770. The predicted molar refractivity (Wildman–Crippen MR) is 100 cm³/mol. The molecule has 3 rings (SSSR count). The van der Waals surface area contributed by atoms with Crippen LogP contribution in [0.25, 0.3) is 0 Å².